The summed E-state index contributed by atoms with van der Waals surface area (Å²) in [5, 5.41) is 0. The summed E-state index contributed by atoms with van der Waals surface area (Å²) in [4.78, 5) is 14.3. The normalized spacial score (nSPS) is 16.0. The van der Waals surface area contributed by atoms with Crippen LogP contribution in [0.15, 0.2) is 71.6 Å². The Labute approximate surface area is 164 Å². The minimum atomic E-state index is -4.19. The van der Waals surface area contributed by atoms with Gasteiger partial charge in [0.15, 0.2) is 0 Å². The molecule has 148 valence electrons. The zero-order valence-corrected chi connectivity index (χ0v) is 16.3. The van der Waals surface area contributed by atoms with Crippen molar-refractivity contribution in [3.63, 3.8) is 0 Å². The monoisotopic (exact) mass is 402 g/mol. The average Bonchev–Trinajstić information content (AvgIpc) is 2.68. The zero-order chi connectivity index (χ0) is 20.1. The number of hydrogen-bond donors (Lipinski definition) is 1. The summed E-state index contributed by atoms with van der Waals surface area (Å²) >= 11 is 0. The second-order valence-electron chi connectivity index (χ2n) is 6.87. The lowest BCUT2D eigenvalue weighted by atomic mass is 10.0. The number of carbonyl (C=O) groups is 1. The first kappa shape index (κ1) is 20.2. The molecule has 7 heteroatoms. The number of nitrogens with zero attached hydrogens (tertiary/aromatic N) is 1. The van der Waals surface area contributed by atoms with Gasteiger partial charge in [0.1, 0.15) is 16.8 Å². The molecule has 0 radical (unpaired) electrons. The first-order valence-electron chi connectivity index (χ1n) is 9.13. The van der Waals surface area contributed by atoms with Crippen LogP contribution in [0.5, 0.6) is 0 Å². The SMILES string of the molecule is C=C1CCN(C(=O)[C@H](Cc2ccccc2)NS(=O)(=O)c2ccccc2F)CC1. The Hall–Kier alpha value is -2.51. The zero-order valence-electron chi connectivity index (χ0n) is 15.5. The molecule has 3 rings (SSSR count). The van der Waals surface area contributed by atoms with Crippen molar-refractivity contribution in [2.45, 2.75) is 30.2 Å². The molecule has 2 aromatic rings. The molecule has 1 aliphatic heterocycles. The number of amides is 1. The van der Waals surface area contributed by atoms with Crippen LogP contribution in [0.3, 0.4) is 0 Å². The van der Waals surface area contributed by atoms with Crippen LogP contribution in [0.2, 0.25) is 0 Å². The van der Waals surface area contributed by atoms with Gasteiger partial charge in [0.2, 0.25) is 15.9 Å². The molecule has 5 nitrogen and oxygen atoms in total. The summed E-state index contributed by atoms with van der Waals surface area (Å²) in [6.07, 6.45) is 1.58. The minimum absolute atomic E-state index is 0.185. The van der Waals surface area contributed by atoms with Gasteiger partial charge in [0.05, 0.1) is 0 Å². The molecule has 0 aromatic heterocycles. The number of rotatable bonds is 6. The van der Waals surface area contributed by atoms with Crippen molar-refractivity contribution in [3.8, 4) is 0 Å². The lowest BCUT2D eigenvalue weighted by molar-refractivity contribution is -0.133. The highest BCUT2D eigenvalue weighted by Gasteiger charge is 2.31. The van der Waals surface area contributed by atoms with Gasteiger partial charge in [-0.05, 0) is 37.0 Å². The molecule has 1 N–H and O–H groups in total. The van der Waals surface area contributed by atoms with E-state index in [1.807, 2.05) is 30.3 Å². The average molecular weight is 402 g/mol. The van der Waals surface area contributed by atoms with Crippen LogP contribution in [0.4, 0.5) is 4.39 Å². The lowest BCUT2D eigenvalue weighted by Crippen LogP contribution is -2.51. The molecule has 0 bridgehead atoms. The van der Waals surface area contributed by atoms with Crippen LogP contribution >= 0.6 is 0 Å². The molecule has 2 aromatic carbocycles. The number of halogens is 1. The third-order valence-corrected chi connectivity index (χ3v) is 6.29. The van der Waals surface area contributed by atoms with Gasteiger partial charge in [-0.1, -0.05) is 54.6 Å². The van der Waals surface area contributed by atoms with Gasteiger partial charge in [-0.3, -0.25) is 4.79 Å². The third-order valence-electron chi connectivity index (χ3n) is 4.79. The summed E-state index contributed by atoms with van der Waals surface area (Å²) in [5.74, 6) is -1.16. The lowest BCUT2D eigenvalue weighted by Gasteiger charge is -2.31. The molecule has 0 aliphatic carbocycles. The van der Waals surface area contributed by atoms with Crippen molar-refractivity contribution >= 4 is 15.9 Å². The highest BCUT2D eigenvalue weighted by atomic mass is 32.2. The van der Waals surface area contributed by atoms with Gasteiger partial charge in [0, 0.05) is 13.1 Å². The molecule has 1 heterocycles. The van der Waals surface area contributed by atoms with E-state index < -0.39 is 26.8 Å². The number of likely N-dealkylation sites (tertiary alicyclic amines) is 1. The van der Waals surface area contributed by atoms with Crippen molar-refractivity contribution in [2.24, 2.45) is 0 Å². The summed E-state index contributed by atoms with van der Waals surface area (Å²) in [6.45, 7) is 4.95. The van der Waals surface area contributed by atoms with Gasteiger partial charge in [-0.25, -0.2) is 12.8 Å². The Kier molecular flexibility index (Phi) is 6.26. The van der Waals surface area contributed by atoms with E-state index in [0.717, 1.165) is 17.2 Å². The standard InChI is InChI=1S/C21H23FN2O3S/c1-16-11-13-24(14-12-16)21(25)19(15-17-7-3-2-4-8-17)23-28(26,27)20-10-6-5-9-18(20)22/h2-10,19,23H,1,11-15H2/t19-/m0/s1. The van der Waals surface area contributed by atoms with Gasteiger partial charge in [0.25, 0.3) is 0 Å². The van der Waals surface area contributed by atoms with Crippen molar-refractivity contribution < 1.29 is 17.6 Å². The summed E-state index contributed by atoms with van der Waals surface area (Å²) in [5.41, 5.74) is 1.90. The van der Waals surface area contributed by atoms with Crippen molar-refractivity contribution in [2.75, 3.05) is 13.1 Å². The fourth-order valence-electron chi connectivity index (χ4n) is 3.21. The molecule has 1 fully saturated rings. The Bertz CT molecular complexity index is 951. The van der Waals surface area contributed by atoms with Crippen molar-refractivity contribution in [1.82, 2.24) is 9.62 Å². The molecule has 1 amide bonds. The van der Waals surface area contributed by atoms with E-state index in [1.165, 1.54) is 18.2 Å². The fourth-order valence-corrected chi connectivity index (χ4v) is 4.47. The van der Waals surface area contributed by atoms with Crippen LogP contribution in [-0.4, -0.2) is 38.4 Å². The topological polar surface area (TPSA) is 66.5 Å². The van der Waals surface area contributed by atoms with E-state index in [0.29, 0.717) is 25.9 Å². The van der Waals surface area contributed by atoms with E-state index in [9.17, 15) is 17.6 Å². The molecule has 0 spiro atoms. The predicted molar refractivity (Wildman–Crippen MR) is 106 cm³/mol. The first-order valence-corrected chi connectivity index (χ1v) is 10.6. The van der Waals surface area contributed by atoms with Crippen LogP contribution in [0, 0.1) is 5.82 Å². The van der Waals surface area contributed by atoms with E-state index in [-0.39, 0.29) is 12.3 Å². The number of carbonyl (C=O) groups excluding carboxylic acids is 1. The molecule has 1 aliphatic rings. The van der Waals surface area contributed by atoms with Gasteiger partial charge in [-0.2, -0.15) is 4.72 Å². The van der Waals surface area contributed by atoms with Gasteiger partial charge >= 0.3 is 0 Å². The van der Waals surface area contributed by atoms with Gasteiger partial charge in [-0.15, -0.1) is 0 Å². The fraction of sp³-hybridized carbons (Fsp3) is 0.286. The maximum absolute atomic E-state index is 14.0. The van der Waals surface area contributed by atoms with Crippen molar-refractivity contribution in [3.05, 3.63) is 78.1 Å². The molecule has 1 atom stereocenters. The Morgan fingerprint density at radius 3 is 2.32 bits per heavy atom. The summed E-state index contributed by atoms with van der Waals surface area (Å²) < 4.78 is 42.0. The smallest absolute Gasteiger partial charge is 0.244 e. The van der Waals surface area contributed by atoms with E-state index in [2.05, 4.69) is 11.3 Å². The molecular formula is C21H23FN2O3S. The number of benzene rings is 2. The Balaban J connectivity index is 1.86. The van der Waals surface area contributed by atoms with Gasteiger partial charge < -0.3 is 4.90 Å². The molecule has 1 saturated heterocycles. The molecule has 28 heavy (non-hydrogen) atoms. The number of sulfonamides is 1. The number of hydrogen-bond acceptors (Lipinski definition) is 3. The third kappa shape index (κ3) is 4.85. The quantitative estimate of drug-likeness (QED) is 0.756. The van der Waals surface area contributed by atoms with Crippen molar-refractivity contribution in [1.29, 1.82) is 0 Å². The largest absolute Gasteiger partial charge is 0.341 e. The molecule has 0 saturated carbocycles. The molecule has 0 unspecified atom stereocenters. The van der Waals surface area contributed by atoms with Crippen LogP contribution in [0.1, 0.15) is 18.4 Å². The maximum atomic E-state index is 14.0. The van der Waals surface area contributed by atoms with Crippen LogP contribution < -0.4 is 4.72 Å². The predicted octanol–water partition coefficient (Wildman–Crippen LogP) is 2.89. The minimum Gasteiger partial charge on any atom is -0.341 e. The van der Waals surface area contributed by atoms with Crippen LogP contribution in [0.25, 0.3) is 0 Å². The van der Waals surface area contributed by atoms with E-state index >= 15 is 0 Å². The summed E-state index contributed by atoms with van der Waals surface area (Å²) in [7, 11) is -4.19. The van der Waals surface area contributed by atoms with Crippen LogP contribution in [-0.2, 0) is 21.2 Å². The molecular weight excluding hydrogens is 379 g/mol. The Morgan fingerprint density at radius 2 is 1.68 bits per heavy atom. The number of piperidine rings is 1. The summed E-state index contributed by atoms with van der Waals surface area (Å²) in [6, 6.07) is 13.3. The van der Waals surface area contributed by atoms with E-state index in [1.54, 1.807) is 4.90 Å². The van der Waals surface area contributed by atoms with E-state index in [4.69, 9.17) is 0 Å². The maximum Gasteiger partial charge on any atom is 0.244 e. The Morgan fingerprint density at radius 1 is 1.07 bits per heavy atom. The second-order valence-corrected chi connectivity index (χ2v) is 8.55. The highest BCUT2D eigenvalue weighted by Crippen LogP contribution is 2.18. The second kappa shape index (κ2) is 8.67. The first-order chi connectivity index (χ1) is 13.4. The number of nitrogens with one attached hydrogen (secondary N) is 1. The highest BCUT2D eigenvalue weighted by molar-refractivity contribution is 7.89.